The lowest BCUT2D eigenvalue weighted by Gasteiger charge is -2.24. The third kappa shape index (κ3) is 7.09. The van der Waals surface area contributed by atoms with E-state index in [0.717, 1.165) is 0 Å². The predicted octanol–water partition coefficient (Wildman–Crippen LogP) is 4.18. The summed E-state index contributed by atoms with van der Waals surface area (Å²) in [6.07, 6.45) is 7.79. The Morgan fingerprint density at radius 2 is 1.40 bits per heavy atom. The van der Waals surface area contributed by atoms with Crippen LogP contribution in [0.3, 0.4) is 0 Å². The average molecular weight is 212 g/mol. The molecule has 0 aromatic rings. The molecule has 1 nitrogen and oxygen atoms in total. The van der Waals surface area contributed by atoms with Crippen LogP contribution in [0.25, 0.3) is 0 Å². The van der Waals surface area contributed by atoms with Gasteiger partial charge in [0.15, 0.2) is 0 Å². The van der Waals surface area contributed by atoms with E-state index >= 15 is 0 Å². The molecule has 0 radical (unpaired) electrons. The molecule has 0 rings (SSSR count). The van der Waals surface area contributed by atoms with E-state index in [-0.39, 0.29) is 0 Å². The molecule has 0 aliphatic rings. The largest absolute Gasteiger partial charge is 0.345 e. The second-order valence-electron chi connectivity index (χ2n) is 3.46. The molecule has 0 N–H and O–H groups in total. The van der Waals surface area contributed by atoms with Crippen molar-refractivity contribution in [2.45, 2.75) is 38.0 Å². The topological polar surface area (TPSA) is 9.23 Å². The second kappa shape index (κ2) is 8.42. The molecule has 0 aliphatic carbocycles. The van der Waals surface area contributed by atoms with Crippen LogP contribution in [0.15, 0.2) is 38.0 Å². The summed E-state index contributed by atoms with van der Waals surface area (Å²) in [6, 6.07) is 0. The summed E-state index contributed by atoms with van der Waals surface area (Å²) in [4.78, 5) is 0. The first-order chi connectivity index (χ1) is 7.18. The van der Waals surface area contributed by atoms with Gasteiger partial charge in [0, 0.05) is 12.8 Å². The van der Waals surface area contributed by atoms with Crippen LogP contribution in [0.2, 0.25) is 0 Å². The number of halogens is 1. The fourth-order valence-electron chi connectivity index (χ4n) is 1.23. The van der Waals surface area contributed by atoms with Crippen molar-refractivity contribution >= 4 is 0 Å². The van der Waals surface area contributed by atoms with Crippen LogP contribution >= 0.6 is 0 Å². The van der Waals surface area contributed by atoms with E-state index in [4.69, 9.17) is 4.74 Å². The maximum atomic E-state index is 14.1. The van der Waals surface area contributed by atoms with E-state index in [1.54, 1.807) is 18.2 Å². The number of ether oxygens (including phenoxy) is 1. The third-order valence-corrected chi connectivity index (χ3v) is 2.13. The maximum absolute atomic E-state index is 14.1. The summed E-state index contributed by atoms with van der Waals surface area (Å²) in [5, 5.41) is 0. The molecule has 0 amide bonds. The third-order valence-electron chi connectivity index (χ3n) is 2.13. The van der Waals surface area contributed by atoms with Gasteiger partial charge in [0.25, 0.3) is 0 Å². The summed E-state index contributed by atoms with van der Waals surface area (Å²) < 4.78 is 19.4. The van der Waals surface area contributed by atoms with Crippen LogP contribution in [0, 0.1) is 0 Å². The average Bonchev–Trinajstić information content (AvgIpc) is 2.24. The fourth-order valence-corrected chi connectivity index (χ4v) is 1.23. The zero-order chi connectivity index (χ0) is 11.6. The van der Waals surface area contributed by atoms with Gasteiger partial charge < -0.3 is 4.74 Å². The van der Waals surface area contributed by atoms with Crippen molar-refractivity contribution in [3.8, 4) is 0 Å². The SMILES string of the molecule is C=CCCOC(F)(CCC=C)CCC=C. The van der Waals surface area contributed by atoms with Crippen LogP contribution in [-0.2, 0) is 4.74 Å². The van der Waals surface area contributed by atoms with Crippen LogP contribution in [0.1, 0.15) is 32.1 Å². The molecule has 0 heterocycles. The summed E-state index contributed by atoms with van der Waals surface area (Å²) in [5.41, 5.74) is 0. The molecule has 0 saturated carbocycles. The summed E-state index contributed by atoms with van der Waals surface area (Å²) in [6.45, 7) is 11.1. The normalized spacial score (nSPS) is 11.0. The van der Waals surface area contributed by atoms with Crippen molar-refractivity contribution < 1.29 is 9.13 Å². The van der Waals surface area contributed by atoms with E-state index in [9.17, 15) is 4.39 Å². The first kappa shape index (κ1) is 14.1. The molecular formula is C13H21FO. The van der Waals surface area contributed by atoms with Crippen LogP contribution in [-0.4, -0.2) is 12.5 Å². The minimum atomic E-state index is -1.54. The Labute approximate surface area is 92.3 Å². The first-order valence-electron chi connectivity index (χ1n) is 5.34. The van der Waals surface area contributed by atoms with Crippen molar-refractivity contribution in [2.24, 2.45) is 0 Å². The lowest BCUT2D eigenvalue weighted by Crippen LogP contribution is -2.27. The Morgan fingerprint density at radius 1 is 0.933 bits per heavy atom. The molecule has 0 aromatic heterocycles. The van der Waals surface area contributed by atoms with E-state index in [1.165, 1.54) is 0 Å². The van der Waals surface area contributed by atoms with E-state index in [1.807, 2.05) is 0 Å². The smallest absolute Gasteiger partial charge is 0.209 e. The Kier molecular flexibility index (Phi) is 7.92. The lowest BCUT2D eigenvalue weighted by atomic mass is 10.1. The minimum absolute atomic E-state index is 0.363. The van der Waals surface area contributed by atoms with Crippen molar-refractivity contribution in [1.29, 1.82) is 0 Å². The van der Waals surface area contributed by atoms with Crippen LogP contribution in [0.5, 0.6) is 0 Å². The van der Waals surface area contributed by atoms with Crippen molar-refractivity contribution in [1.82, 2.24) is 0 Å². The predicted molar refractivity (Wildman–Crippen MR) is 63.5 cm³/mol. The highest BCUT2D eigenvalue weighted by Gasteiger charge is 2.28. The molecule has 86 valence electrons. The number of rotatable bonds is 10. The monoisotopic (exact) mass is 212 g/mol. The molecule has 2 heteroatoms. The van der Waals surface area contributed by atoms with Crippen LogP contribution in [0.4, 0.5) is 4.39 Å². The standard InChI is InChI=1S/C13H21FO/c1-4-7-10-13(14,11-8-5-2)15-12-9-6-3/h4-6H,1-3,7-12H2. The summed E-state index contributed by atoms with van der Waals surface area (Å²) >= 11 is 0. The van der Waals surface area contributed by atoms with Crippen molar-refractivity contribution in [3.63, 3.8) is 0 Å². The Balaban J connectivity index is 4.05. The number of hydrogen-bond acceptors (Lipinski definition) is 1. The van der Waals surface area contributed by atoms with Gasteiger partial charge in [-0.15, -0.1) is 19.7 Å². The Bertz CT molecular complexity index is 187. The molecule has 0 saturated heterocycles. The van der Waals surface area contributed by atoms with Crippen LogP contribution < -0.4 is 0 Å². The second-order valence-corrected chi connectivity index (χ2v) is 3.46. The van der Waals surface area contributed by atoms with Gasteiger partial charge in [0.05, 0.1) is 6.61 Å². The highest BCUT2D eigenvalue weighted by Crippen LogP contribution is 2.26. The highest BCUT2D eigenvalue weighted by atomic mass is 19.2. The lowest BCUT2D eigenvalue weighted by molar-refractivity contribution is -0.152. The van der Waals surface area contributed by atoms with E-state index in [0.29, 0.717) is 38.7 Å². The Morgan fingerprint density at radius 3 is 1.80 bits per heavy atom. The molecule has 15 heavy (non-hydrogen) atoms. The van der Waals surface area contributed by atoms with Gasteiger partial charge >= 0.3 is 0 Å². The highest BCUT2D eigenvalue weighted by molar-refractivity contribution is 4.79. The molecule has 0 aliphatic heterocycles. The molecule has 0 bridgehead atoms. The zero-order valence-electron chi connectivity index (χ0n) is 9.38. The molecule has 0 spiro atoms. The number of allylic oxidation sites excluding steroid dienone is 2. The number of alkyl halides is 1. The maximum Gasteiger partial charge on any atom is 0.209 e. The minimum Gasteiger partial charge on any atom is -0.345 e. The molecular weight excluding hydrogens is 191 g/mol. The van der Waals surface area contributed by atoms with Gasteiger partial charge in [-0.25, -0.2) is 4.39 Å². The quantitative estimate of drug-likeness (QED) is 0.390. The van der Waals surface area contributed by atoms with Gasteiger partial charge in [-0.3, -0.25) is 0 Å². The van der Waals surface area contributed by atoms with E-state index in [2.05, 4.69) is 19.7 Å². The molecule has 0 atom stereocenters. The van der Waals surface area contributed by atoms with Gasteiger partial charge in [-0.1, -0.05) is 18.2 Å². The summed E-state index contributed by atoms with van der Waals surface area (Å²) in [7, 11) is 0. The van der Waals surface area contributed by atoms with Crippen molar-refractivity contribution in [2.75, 3.05) is 6.61 Å². The molecule has 0 aromatic carbocycles. The first-order valence-corrected chi connectivity index (χ1v) is 5.34. The van der Waals surface area contributed by atoms with Gasteiger partial charge in [-0.05, 0) is 19.3 Å². The van der Waals surface area contributed by atoms with Gasteiger partial charge in [0.1, 0.15) is 0 Å². The summed E-state index contributed by atoms with van der Waals surface area (Å²) in [5.74, 6) is -1.54. The van der Waals surface area contributed by atoms with Crippen molar-refractivity contribution in [3.05, 3.63) is 38.0 Å². The molecule has 0 fully saturated rings. The fraction of sp³-hybridized carbons (Fsp3) is 0.538. The number of hydrogen-bond donors (Lipinski definition) is 0. The van der Waals surface area contributed by atoms with E-state index < -0.39 is 5.85 Å². The van der Waals surface area contributed by atoms with Gasteiger partial charge in [0.2, 0.25) is 5.85 Å². The Hall–Kier alpha value is -0.890. The van der Waals surface area contributed by atoms with Gasteiger partial charge in [-0.2, -0.15) is 0 Å². The molecule has 0 unspecified atom stereocenters. The zero-order valence-corrected chi connectivity index (χ0v) is 9.38.